The van der Waals surface area contributed by atoms with Crippen molar-refractivity contribution in [3.63, 3.8) is 0 Å². The predicted octanol–water partition coefficient (Wildman–Crippen LogP) is 2.95. The molecular weight excluding hydrogens is 304 g/mol. The van der Waals surface area contributed by atoms with Gasteiger partial charge in [0, 0.05) is 22.2 Å². The highest BCUT2D eigenvalue weighted by Crippen LogP contribution is 2.24. The van der Waals surface area contributed by atoms with Gasteiger partial charge in [0.25, 0.3) is 0 Å². The van der Waals surface area contributed by atoms with E-state index >= 15 is 0 Å². The van der Waals surface area contributed by atoms with Crippen LogP contribution in [0.4, 0.5) is 4.79 Å². The van der Waals surface area contributed by atoms with Crippen LogP contribution in [0.25, 0.3) is 0 Å². The number of carbonyl (C=O) groups excluding carboxylic acids is 1. The molecule has 3 N–H and O–H groups in total. The lowest BCUT2D eigenvalue weighted by atomic mass is 10.1. The first-order valence-corrected chi connectivity index (χ1v) is 8.56. The van der Waals surface area contributed by atoms with Crippen LogP contribution in [0.3, 0.4) is 0 Å². The molecule has 0 bridgehead atoms. The quantitative estimate of drug-likeness (QED) is 0.765. The number of aliphatic hydroxyl groups is 1. The van der Waals surface area contributed by atoms with Gasteiger partial charge >= 0.3 is 6.03 Å². The van der Waals surface area contributed by atoms with Gasteiger partial charge in [-0.15, -0.1) is 22.7 Å². The Hall–Kier alpha value is -1.37. The molecule has 0 spiro atoms. The number of rotatable bonds is 6. The van der Waals surface area contributed by atoms with Crippen LogP contribution >= 0.6 is 22.7 Å². The summed E-state index contributed by atoms with van der Waals surface area (Å²) in [6, 6.07) is 7.61. The number of carbonyl (C=O) groups is 1. The largest absolute Gasteiger partial charge is 0.383 e. The SMILES string of the molecule is C[C@@H](Cc1cccs1)NC(=O)NC[C@@](C)(O)c1cccs1. The minimum absolute atomic E-state index is 0.0512. The summed E-state index contributed by atoms with van der Waals surface area (Å²) < 4.78 is 0. The van der Waals surface area contributed by atoms with Crippen molar-refractivity contribution in [2.24, 2.45) is 0 Å². The molecule has 0 saturated carbocycles. The standard InChI is InChI=1S/C15H20N2O2S2/c1-11(9-12-5-3-7-20-12)17-14(18)16-10-15(2,19)13-6-4-8-21-13/h3-8,11,19H,9-10H2,1-2H3,(H2,16,17,18)/t11-,15+/m0/s1. The predicted molar refractivity (Wildman–Crippen MR) is 87.9 cm³/mol. The molecule has 2 aromatic heterocycles. The topological polar surface area (TPSA) is 61.4 Å². The van der Waals surface area contributed by atoms with E-state index in [0.717, 1.165) is 11.3 Å². The highest BCUT2D eigenvalue weighted by Gasteiger charge is 2.25. The van der Waals surface area contributed by atoms with Crippen molar-refractivity contribution in [2.45, 2.75) is 31.9 Å². The van der Waals surface area contributed by atoms with Gasteiger partial charge in [-0.05, 0) is 36.7 Å². The van der Waals surface area contributed by atoms with Crippen molar-refractivity contribution in [1.29, 1.82) is 0 Å². The summed E-state index contributed by atoms with van der Waals surface area (Å²) in [5, 5.41) is 19.9. The fourth-order valence-corrected chi connectivity index (χ4v) is 3.60. The van der Waals surface area contributed by atoms with Gasteiger partial charge in [-0.2, -0.15) is 0 Å². The van der Waals surface area contributed by atoms with Crippen LogP contribution in [0.1, 0.15) is 23.6 Å². The van der Waals surface area contributed by atoms with Crippen molar-refractivity contribution in [2.75, 3.05) is 6.54 Å². The Bertz CT molecular complexity index is 550. The molecule has 0 aromatic carbocycles. The number of thiophene rings is 2. The van der Waals surface area contributed by atoms with E-state index in [4.69, 9.17) is 0 Å². The van der Waals surface area contributed by atoms with Gasteiger partial charge in [-0.25, -0.2) is 4.79 Å². The van der Waals surface area contributed by atoms with Gasteiger partial charge in [-0.3, -0.25) is 0 Å². The molecule has 0 fully saturated rings. The third-order valence-electron chi connectivity index (χ3n) is 3.11. The van der Waals surface area contributed by atoms with Crippen LogP contribution in [-0.4, -0.2) is 23.7 Å². The van der Waals surface area contributed by atoms with Gasteiger partial charge in [0.2, 0.25) is 0 Å². The van der Waals surface area contributed by atoms with E-state index in [0.29, 0.717) is 0 Å². The third-order valence-corrected chi connectivity index (χ3v) is 5.13. The molecule has 2 heterocycles. The molecule has 2 aromatic rings. The zero-order valence-electron chi connectivity index (χ0n) is 12.1. The van der Waals surface area contributed by atoms with E-state index in [1.54, 1.807) is 18.3 Å². The number of hydrogen-bond acceptors (Lipinski definition) is 4. The number of hydrogen-bond donors (Lipinski definition) is 3. The molecule has 2 amide bonds. The van der Waals surface area contributed by atoms with Gasteiger partial charge < -0.3 is 15.7 Å². The Morgan fingerprint density at radius 1 is 1.33 bits per heavy atom. The number of nitrogens with one attached hydrogen (secondary N) is 2. The minimum atomic E-state index is -1.04. The van der Waals surface area contributed by atoms with Gasteiger partial charge in [0.1, 0.15) is 5.60 Å². The maximum atomic E-state index is 11.9. The second-order valence-electron chi connectivity index (χ2n) is 5.26. The zero-order chi connectivity index (χ0) is 15.3. The molecule has 0 radical (unpaired) electrons. The second-order valence-corrected chi connectivity index (χ2v) is 7.24. The van der Waals surface area contributed by atoms with E-state index < -0.39 is 5.60 Å². The molecular formula is C15H20N2O2S2. The summed E-state index contributed by atoms with van der Waals surface area (Å²) in [5.41, 5.74) is -1.04. The molecule has 0 saturated heterocycles. The van der Waals surface area contributed by atoms with Crippen molar-refractivity contribution in [3.05, 3.63) is 44.8 Å². The molecule has 6 heteroatoms. The monoisotopic (exact) mass is 324 g/mol. The normalized spacial score (nSPS) is 15.2. The number of amides is 2. The van der Waals surface area contributed by atoms with Gasteiger partial charge in [0.15, 0.2) is 0 Å². The Balaban J connectivity index is 1.77. The van der Waals surface area contributed by atoms with E-state index in [1.165, 1.54) is 16.2 Å². The van der Waals surface area contributed by atoms with Crippen molar-refractivity contribution < 1.29 is 9.90 Å². The maximum absolute atomic E-state index is 11.9. The van der Waals surface area contributed by atoms with Crippen LogP contribution < -0.4 is 10.6 Å². The van der Waals surface area contributed by atoms with E-state index in [1.807, 2.05) is 35.9 Å². The average molecular weight is 324 g/mol. The van der Waals surface area contributed by atoms with Crippen LogP contribution in [0, 0.1) is 0 Å². The fraction of sp³-hybridized carbons (Fsp3) is 0.400. The minimum Gasteiger partial charge on any atom is -0.383 e. The average Bonchev–Trinajstić information content (AvgIpc) is 3.09. The summed E-state index contributed by atoms with van der Waals surface area (Å²) >= 11 is 3.16. The first-order chi connectivity index (χ1) is 9.97. The Labute approximate surface area is 132 Å². The summed E-state index contributed by atoms with van der Waals surface area (Å²) in [6.07, 6.45) is 0.812. The smallest absolute Gasteiger partial charge is 0.315 e. The number of urea groups is 1. The van der Waals surface area contributed by atoms with Gasteiger partial charge in [-0.1, -0.05) is 12.1 Å². The van der Waals surface area contributed by atoms with E-state index in [2.05, 4.69) is 16.7 Å². The maximum Gasteiger partial charge on any atom is 0.315 e. The molecule has 0 aliphatic heterocycles. The molecule has 0 unspecified atom stereocenters. The van der Waals surface area contributed by atoms with Crippen molar-refractivity contribution in [3.8, 4) is 0 Å². The molecule has 4 nitrogen and oxygen atoms in total. The van der Waals surface area contributed by atoms with E-state index in [-0.39, 0.29) is 18.6 Å². The second kappa shape index (κ2) is 7.06. The van der Waals surface area contributed by atoms with Crippen molar-refractivity contribution in [1.82, 2.24) is 10.6 Å². The molecule has 21 heavy (non-hydrogen) atoms. The van der Waals surface area contributed by atoms with Crippen LogP contribution in [-0.2, 0) is 12.0 Å². The summed E-state index contributed by atoms with van der Waals surface area (Å²) in [6.45, 7) is 3.86. The summed E-state index contributed by atoms with van der Waals surface area (Å²) in [7, 11) is 0. The first-order valence-electron chi connectivity index (χ1n) is 6.80. The Morgan fingerprint density at radius 2 is 2.05 bits per heavy atom. The zero-order valence-corrected chi connectivity index (χ0v) is 13.8. The lowest BCUT2D eigenvalue weighted by Crippen LogP contribution is -2.46. The molecule has 114 valence electrons. The molecule has 0 aliphatic rings. The lowest BCUT2D eigenvalue weighted by molar-refractivity contribution is 0.0630. The summed E-state index contributed by atoms with van der Waals surface area (Å²) in [5.74, 6) is 0. The third kappa shape index (κ3) is 4.84. The Morgan fingerprint density at radius 3 is 2.67 bits per heavy atom. The highest BCUT2D eigenvalue weighted by molar-refractivity contribution is 7.10. The van der Waals surface area contributed by atoms with Crippen LogP contribution in [0.5, 0.6) is 0 Å². The van der Waals surface area contributed by atoms with Gasteiger partial charge in [0.05, 0.1) is 6.54 Å². The highest BCUT2D eigenvalue weighted by atomic mass is 32.1. The lowest BCUT2D eigenvalue weighted by Gasteiger charge is -2.23. The Kier molecular flexibility index (Phi) is 5.39. The fourth-order valence-electron chi connectivity index (χ4n) is 1.98. The van der Waals surface area contributed by atoms with E-state index in [9.17, 15) is 9.90 Å². The van der Waals surface area contributed by atoms with Crippen LogP contribution in [0.2, 0.25) is 0 Å². The summed E-state index contributed by atoms with van der Waals surface area (Å²) in [4.78, 5) is 14.0. The molecule has 2 atom stereocenters. The first kappa shape index (κ1) is 16.0. The van der Waals surface area contributed by atoms with Crippen LogP contribution in [0.15, 0.2) is 35.0 Å². The molecule has 0 aliphatic carbocycles. The molecule has 2 rings (SSSR count). The van der Waals surface area contributed by atoms with Crippen molar-refractivity contribution >= 4 is 28.7 Å².